The van der Waals surface area contributed by atoms with E-state index in [1.165, 1.54) is 24.4 Å². The van der Waals surface area contributed by atoms with Crippen molar-refractivity contribution < 1.29 is 14.4 Å². The van der Waals surface area contributed by atoms with Gasteiger partial charge >= 0.3 is 5.95 Å². The lowest BCUT2D eigenvalue weighted by molar-refractivity contribution is -0.394. The van der Waals surface area contributed by atoms with Crippen molar-refractivity contribution in [2.75, 3.05) is 14.2 Å². The van der Waals surface area contributed by atoms with Gasteiger partial charge in [0.05, 0.1) is 25.1 Å². The van der Waals surface area contributed by atoms with Gasteiger partial charge in [0, 0.05) is 16.6 Å². The number of hydrogen-bond acceptors (Lipinski definition) is 8. The number of H-pyrrole nitrogens is 1. The number of hydrogen-bond donors (Lipinski definition) is 1. The van der Waals surface area contributed by atoms with E-state index in [-0.39, 0.29) is 0 Å². The third-order valence-electron chi connectivity index (χ3n) is 3.73. The lowest BCUT2D eigenvalue weighted by Crippen LogP contribution is -2.00. The molecule has 0 aliphatic carbocycles. The highest BCUT2D eigenvalue weighted by atomic mass is 16.6. The van der Waals surface area contributed by atoms with Crippen molar-refractivity contribution in [3.63, 3.8) is 0 Å². The number of methoxy groups -OCH3 is 2. The van der Waals surface area contributed by atoms with E-state index in [1.54, 1.807) is 19.2 Å². The van der Waals surface area contributed by atoms with Crippen LogP contribution >= 0.6 is 0 Å². The van der Waals surface area contributed by atoms with Crippen LogP contribution in [0.2, 0.25) is 0 Å². The molecule has 0 fully saturated rings. The molecule has 1 N–H and O–H groups in total. The molecule has 0 aliphatic rings. The van der Waals surface area contributed by atoms with Crippen molar-refractivity contribution in [3.8, 4) is 17.3 Å². The molecule has 126 valence electrons. The average molecular weight is 341 g/mol. The normalized spacial score (nSPS) is 11.1. The fraction of sp³-hybridized carbons (Fsp3) is 0.143. The minimum Gasteiger partial charge on any atom is -0.493 e. The van der Waals surface area contributed by atoms with E-state index in [2.05, 4.69) is 25.0 Å². The molecule has 0 radical (unpaired) electrons. The fourth-order valence-electron chi connectivity index (χ4n) is 2.65. The van der Waals surface area contributed by atoms with Crippen LogP contribution < -0.4 is 9.47 Å². The van der Waals surface area contributed by atoms with E-state index < -0.39 is 10.9 Å². The van der Waals surface area contributed by atoms with Crippen LogP contribution in [0.4, 0.5) is 5.95 Å². The first kappa shape index (κ1) is 14.8. The molecule has 11 nitrogen and oxygen atoms in total. The molecule has 0 aliphatic heterocycles. The molecule has 0 spiro atoms. The molecule has 0 saturated heterocycles. The Bertz CT molecular complexity index is 1120. The minimum absolute atomic E-state index is 0.365. The van der Waals surface area contributed by atoms with E-state index in [9.17, 15) is 10.1 Å². The van der Waals surface area contributed by atoms with Gasteiger partial charge in [-0.3, -0.25) is 0 Å². The van der Waals surface area contributed by atoms with Crippen LogP contribution in [0.25, 0.3) is 27.8 Å². The van der Waals surface area contributed by atoms with Crippen LogP contribution in [-0.4, -0.2) is 48.9 Å². The number of fused-ring (bicyclic) bond motifs is 3. The van der Waals surface area contributed by atoms with Crippen molar-refractivity contribution in [1.29, 1.82) is 0 Å². The van der Waals surface area contributed by atoms with Gasteiger partial charge in [0.25, 0.3) is 0 Å². The molecule has 4 aromatic rings. The minimum atomic E-state index is -0.669. The van der Waals surface area contributed by atoms with E-state index in [0.717, 1.165) is 10.9 Å². The zero-order valence-electron chi connectivity index (χ0n) is 13.1. The van der Waals surface area contributed by atoms with Gasteiger partial charge < -0.3 is 24.6 Å². The number of benzene rings is 1. The second-order valence-corrected chi connectivity index (χ2v) is 5.04. The number of nitrogens with zero attached hydrogens (tertiary/aromatic N) is 6. The van der Waals surface area contributed by atoms with Gasteiger partial charge in [0.2, 0.25) is 6.33 Å². The summed E-state index contributed by atoms with van der Waals surface area (Å²) in [4.78, 5) is 25.4. The second kappa shape index (κ2) is 5.40. The summed E-state index contributed by atoms with van der Waals surface area (Å²) in [6.45, 7) is 0. The van der Waals surface area contributed by atoms with Crippen LogP contribution in [0.15, 0.2) is 24.8 Å². The molecule has 0 atom stereocenters. The van der Waals surface area contributed by atoms with Crippen molar-refractivity contribution in [3.05, 3.63) is 34.9 Å². The van der Waals surface area contributed by atoms with Gasteiger partial charge in [-0.25, -0.2) is 9.97 Å². The Morgan fingerprint density at radius 3 is 2.60 bits per heavy atom. The maximum atomic E-state index is 10.8. The molecule has 25 heavy (non-hydrogen) atoms. The number of rotatable bonds is 4. The standard InChI is InChI=1S/C14H11N7O4/c1-24-9-3-7-8(4-10(9)25-2)18-12-11(7)13(16-5-15-12)20-6-17-14(19-20)21(22)23/h3-6H,1-2H3,(H,15,16,18). The van der Waals surface area contributed by atoms with Crippen LogP contribution in [-0.2, 0) is 0 Å². The maximum absolute atomic E-state index is 10.8. The molecule has 0 saturated carbocycles. The molecule has 1 aromatic carbocycles. The van der Waals surface area contributed by atoms with Crippen molar-refractivity contribution in [1.82, 2.24) is 29.7 Å². The zero-order valence-corrected chi connectivity index (χ0v) is 13.1. The maximum Gasteiger partial charge on any atom is 0.491 e. The largest absolute Gasteiger partial charge is 0.493 e. The summed E-state index contributed by atoms with van der Waals surface area (Å²) in [5.74, 6) is 0.956. The Morgan fingerprint density at radius 2 is 1.92 bits per heavy atom. The van der Waals surface area contributed by atoms with Crippen LogP contribution in [0.1, 0.15) is 0 Å². The Kier molecular flexibility index (Phi) is 3.20. The van der Waals surface area contributed by atoms with Gasteiger partial charge in [0.1, 0.15) is 12.0 Å². The molecule has 3 aromatic heterocycles. The third kappa shape index (κ3) is 2.21. The predicted octanol–water partition coefficient (Wildman–Crippen LogP) is 1.62. The van der Waals surface area contributed by atoms with Crippen LogP contribution in [0, 0.1) is 10.1 Å². The number of aromatic nitrogens is 6. The van der Waals surface area contributed by atoms with Gasteiger partial charge in [-0.05, 0) is 11.0 Å². The van der Waals surface area contributed by atoms with E-state index >= 15 is 0 Å². The van der Waals surface area contributed by atoms with Crippen molar-refractivity contribution >= 4 is 27.9 Å². The molecule has 4 rings (SSSR count). The van der Waals surface area contributed by atoms with E-state index in [0.29, 0.717) is 28.4 Å². The first-order chi connectivity index (χ1) is 12.1. The average Bonchev–Trinajstić information content (AvgIpc) is 3.24. The van der Waals surface area contributed by atoms with Gasteiger partial charge in [-0.1, -0.05) is 4.98 Å². The smallest absolute Gasteiger partial charge is 0.491 e. The summed E-state index contributed by atoms with van der Waals surface area (Å²) in [6.07, 6.45) is 2.58. The number of nitrogens with one attached hydrogen (secondary N) is 1. The van der Waals surface area contributed by atoms with Gasteiger partial charge in [-0.15, -0.1) is 4.68 Å². The topological polar surface area (TPSA) is 134 Å². The molecule has 3 heterocycles. The van der Waals surface area contributed by atoms with Crippen LogP contribution in [0.5, 0.6) is 11.5 Å². The highest BCUT2D eigenvalue weighted by Gasteiger charge is 2.20. The first-order valence-electron chi connectivity index (χ1n) is 7.07. The van der Waals surface area contributed by atoms with Crippen LogP contribution in [0.3, 0.4) is 0 Å². The summed E-state index contributed by atoms with van der Waals surface area (Å²) in [5, 5.41) is 16.1. The molecular formula is C14H11N7O4. The van der Waals surface area contributed by atoms with Crippen molar-refractivity contribution in [2.45, 2.75) is 0 Å². The summed E-state index contributed by atoms with van der Waals surface area (Å²) >= 11 is 0. The lowest BCUT2D eigenvalue weighted by atomic mass is 10.2. The predicted molar refractivity (Wildman–Crippen MR) is 86.1 cm³/mol. The molecular weight excluding hydrogens is 330 g/mol. The molecule has 0 unspecified atom stereocenters. The summed E-state index contributed by atoms with van der Waals surface area (Å²) < 4.78 is 11.9. The van der Waals surface area contributed by atoms with Crippen molar-refractivity contribution in [2.24, 2.45) is 0 Å². The number of aromatic amines is 1. The number of ether oxygens (including phenoxy) is 2. The summed E-state index contributed by atoms with van der Waals surface area (Å²) in [5.41, 5.74) is 1.30. The Morgan fingerprint density at radius 1 is 1.16 bits per heavy atom. The molecule has 0 bridgehead atoms. The fourth-order valence-corrected chi connectivity index (χ4v) is 2.65. The lowest BCUT2D eigenvalue weighted by Gasteiger charge is -2.07. The zero-order chi connectivity index (χ0) is 17.6. The summed E-state index contributed by atoms with van der Waals surface area (Å²) in [7, 11) is 3.09. The number of nitro groups is 1. The van der Waals surface area contributed by atoms with E-state index in [4.69, 9.17) is 9.47 Å². The first-order valence-corrected chi connectivity index (χ1v) is 7.07. The van der Waals surface area contributed by atoms with E-state index in [1.807, 2.05) is 0 Å². The monoisotopic (exact) mass is 341 g/mol. The molecule has 11 heteroatoms. The molecule has 0 amide bonds. The Labute approximate surface area is 139 Å². The van der Waals surface area contributed by atoms with Gasteiger partial charge in [-0.2, -0.15) is 0 Å². The third-order valence-corrected chi connectivity index (χ3v) is 3.73. The Hall–Kier alpha value is -3.76. The quantitative estimate of drug-likeness (QED) is 0.437. The highest BCUT2D eigenvalue weighted by molar-refractivity contribution is 6.10. The second-order valence-electron chi connectivity index (χ2n) is 5.04. The van der Waals surface area contributed by atoms with Gasteiger partial charge in [0.15, 0.2) is 17.3 Å². The Balaban J connectivity index is 2.03. The SMILES string of the molecule is COc1cc2[nH]c3ncnc(-n4cnc([N+](=O)[O-])n4)c3c2cc1OC. The highest BCUT2D eigenvalue weighted by Crippen LogP contribution is 2.36. The summed E-state index contributed by atoms with van der Waals surface area (Å²) in [6, 6.07) is 3.56.